The fourth-order valence-corrected chi connectivity index (χ4v) is 6.57. The van der Waals surface area contributed by atoms with E-state index in [1.807, 2.05) is 41.3 Å². The average molecular weight is 513 g/mol. The van der Waals surface area contributed by atoms with E-state index in [1.54, 1.807) is 6.33 Å². The van der Waals surface area contributed by atoms with Crippen LogP contribution in [0.3, 0.4) is 0 Å². The Hall–Kier alpha value is -3.85. The second-order valence-corrected chi connectivity index (χ2v) is 11.0. The van der Waals surface area contributed by atoms with Crippen molar-refractivity contribution in [3.05, 3.63) is 72.0 Å². The van der Waals surface area contributed by atoms with Gasteiger partial charge in [0.25, 0.3) is 5.91 Å². The Balaban J connectivity index is 1.23. The lowest BCUT2D eigenvalue weighted by Crippen LogP contribution is -2.42. The van der Waals surface area contributed by atoms with Gasteiger partial charge in [-0.25, -0.2) is 15.0 Å². The molecule has 188 valence electrons. The molecule has 6 rings (SSSR count). The Morgan fingerprint density at radius 1 is 1.22 bits per heavy atom. The van der Waals surface area contributed by atoms with Crippen LogP contribution in [0.4, 0.5) is 5.95 Å². The van der Waals surface area contributed by atoms with Crippen LogP contribution in [0.25, 0.3) is 21.6 Å². The normalized spacial score (nSPS) is 20.8. The molecule has 37 heavy (non-hydrogen) atoms. The molecule has 1 saturated carbocycles. The number of rotatable bonds is 6. The zero-order valence-corrected chi connectivity index (χ0v) is 21.5. The van der Waals surface area contributed by atoms with E-state index < -0.39 is 0 Å². The molecule has 1 aliphatic heterocycles. The van der Waals surface area contributed by atoms with Crippen molar-refractivity contribution in [1.29, 1.82) is 0 Å². The van der Waals surface area contributed by atoms with Gasteiger partial charge in [-0.15, -0.1) is 11.3 Å². The molecule has 1 N–H and O–H groups in total. The van der Waals surface area contributed by atoms with Crippen LogP contribution < -0.4 is 5.32 Å². The summed E-state index contributed by atoms with van der Waals surface area (Å²) in [6, 6.07) is 13.9. The van der Waals surface area contributed by atoms with Crippen molar-refractivity contribution in [2.45, 2.75) is 38.6 Å². The minimum Gasteiger partial charge on any atom is -0.339 e. The van der Waals surface area contributed by atoms with Crippen LogP contribution in [-0.2, 0) is 11.2 Å². The van der Waals surface area contributed by atoms with Crippen molar-refractivity contribution in [3.8, 4) is 10.6 Å². The summed E-state index contributed by atoms with van der Waals surface area (Å²) in [6.07, 6.45) is 6.70. The highest BCUT2D eigenvalue weighted by atomic mass is 32.1. The summed E-state index contributed by atoms with van der Waals surface area (Å²) in [4.78, 5) is 42.2. The number of para-hydroxylation sites is 2. The molecule has 2 amide bonds. The third kappa shape index (κ3) is 4.23. The molecule has 4 aromatic rings. The van der Waals surface area contributed by atoms with Gasteiger partial charge < -0.3 is 9.47 Å². The largest absolute Gasteiger partial charge is 0.339 e. The first-order valence-electron chi connectivity index (χ1n) is 12.6. The van der Waals surface area contributed by atoms with Gasteiger partial charge in [-0.1, -0.05) is 25.6 Å². The highest BCUT2D eigenvalue weighted by molar-refractivity contribution is 7.17. The Morgan fingerprint density at radius 2 is 2.05 bits per heavy atom. The molecule has 1 spiro atoms. The van der Waals surface area contributed by atoms with Gasteiger partial charge in [0.05, 0.1) is 26.5 Å². The second kappa shape index (κ2) is 9.23. The summed E-state index contributed by atoms with van der Waals surface area (Å²) < 4.78 is 2.17. The molecular formula is C28H28N6O2S. The van der Waals surface area contributed by atoms with Crippen LogP contribution in [0.1, 0.15) is 47.6 Å². The summed E-state index contributed by atoms with van der Waals surface area (Å²) in [5.41, 5.74) is 3.79. The smallest absolute Gasteiger partial charge is 0.268 e. The molecule has 2 aliphatic rings. The van der Waals surface area contributed by atoms with Crippen molar-refractivity contribution in [2.24, 2.45) is 5.41 Å². The van der Waals surface area contributed by atoms with E-state index in [9.17, 15) is 9.59 Å². The molecule has 1 aliphatic carbocycles. The van der Waals surface area contributed by atoms with Gasteiger partial charge >= 0.3 is 0 Å². The fraction of sp³-hybridized carbons (Fsp3) is 0.321. The number of amides is 2. The number of nitrogens with one attached hydrogen (secondary N) is 1. The summed E-state index contributed by atoms with van der Waals surface area (Å²) in [5.74, 6) is 0.383. The molecule has 1 aromatic carbocycles. The van der Waals surface area contributed by atoms with Crippen LogP contribution >= 0.6 is 11.3 Å². The Morgan fingerprint density at radius 3 is 2.86 bits per heavy atom. The van der Waals surface area contributed by atoms with Crippen molar-refractivity contribution < 1.29 is 9.59 Å². The number of imidazole rings is 1. The van der Waals surface area contributed by atoms with Gasteiger partial charge in [0.2, 0.25) is 11.9 Å². The number of carbonyl (C=O) groups excluding carboxylic acids is 2. The lowest BCUT2D eigenvalue weighted by Gasteiger charge is -2.46. The number of anilines is 1. The summed E-state index contributed by atoms with van der Waals surface area (Å²) in [5, 5.41) is 3.08. The molecule has 0 unspecified atom stereocenters. The number of hydrogen-bond acceptors (Lipinski definition) is 6. The molecule has 0 radical (unpaired) electrons. The van der Waals surface area contributed by atoms with Crippen molar-refractivity contribution in [2.75, 3.05) is 18.4 Å². The van der Waals surface area contributed by atoms with E-state index in [-0.39, 0.29) is 23.3 Å². The summed E-state index contributed by atoms with van der Waals surface area (Å²) >= 11 is 1.41. The molecular weight excluding hydrogens is 484 g/mol. The number of carbonyl (C=O) groups is 2. The molecule has 8 nitrogen and oxygen atoms in total. The molecule has 9 heteroatoms. The predicted molar refractivity (Wildman–Crippen MR) is 145 cm³/mol. The number of aromatic nitrogens is 4. The van der Waals surface area contributed by atoms with E-state index in [4.69, 9.17) is 4.98 Å². The van der Waals surface area contributed by atoms with Gasteiger partial charge in [0.1, 0.15) is 6.33 Å². The minimum absolute atomic E-state index is 0.00422. The lowest BCUT2D eigenvalue weighted by atomic mass is 9.65. The zero-order chi connectivity index (χ0) is 25.6. The van der Waals surface area contributed by atoms with Crippen LogP contribution in [0.2, 0.25) is 0 Å². The minimum atomic E-state index is -0.185. The number of hydrogen-bond donors (Lipinski definition) is 1. The zero-order valence-electron chi connectivity index (χ0n) is 20.7. The highest BCUT2D eigenvalue weighted by Crippen LogP contribution is 2.55. The quantitative estimate of drug-likeness (QED) is 0.363. The lowest BCUT2D eigenvalue weighted by molar-refractivity contribution is -0.125. The SMILES string of the molecule is C=CC(=O)N1CCC2(CC(n3c(NC(=O)c4ccc(-c5cc(CC)ncn5)s4)nc4ccccc43)C2)C1. The van der Waals surface area contributed by atoms with Gasteiger partial charge in [0, 0.05) is 24.8 Å². The Bertz CT molecular complexity index is 1520. The first-order valence-corrected chi connectivity index (χ1v) is 13.4. The maximum Gasteiger partial charge on any atom is 0.268 e. The second-order valence-electron chi connectivity index (χ2n) is 9.94. The maximum absolute atomic E-state index is 13.3. The van der Waals surface area contributed by atoms with Crippen LogP contribution in [-0.4, -0.2) is 49.3 Å². The molecule has 2 fully saturated rings. The fourth-order valence-electron chi connectivity index (χ4n) is 5.70. The molecule has 0 bridgehead atoms. The molecule has 3 aromatic heterocycles. The number of nitrogens with zero attached hydrogens (tertiary/aromatic N) is 5. The highest BCUT2D eigenvalue weighted by Gasteiger charge is 2.50. The van der Waals surface area contributed by atoms with Crippen molar-refractivity contribution >= 4 is 40.1 Å². The number of thiophene rings is 1. The number of likely N-dealkylation sites (tertiary alicyclic amines) is 1. The first-order chi connectivity index (χ1) is 18.0. The molecule has 0 atom stereocenters. The van der Waals surface area contributed by atoms with Crippen LogP contribution in [0.5, 0.6) is 0 Å². The van der Waals surface area contributed by atoms with Gasteiger partial charge in [-0.3, -0.25) is 14.9 Å². The van der Waals surface area contributed by atoms with Gasteiger partial charge in [0.15, 0.2) is 0 Å². The van der Waals surface area contributed by atoms with Crippen molar-refractivity contribution in [1.82, 2.24) is 24.4 Å². The van der Waals surface area contributed by atoms with Gasteiger partial charge in [-0.05, 0) is 67.5 Å². The van der Waals surface area contributed by atoms with E-state index in [0.717, 1.165) is 66.1 Å². The number of fused-ring (bicyclic) bond motifs is 1. The predicted octanol–water partition coefficient (Wildman–Crippen LogP) is 5.11. The maximum atomic E-state index is 13.3. The third-order valence-electron chi connectivity index (χ3n) is 7.62. The van der Waals surface area contributed by atoms with E-state index in [2.05, 4.69) is 39.4 Å². The standard InChI is InChI=1S/C28H28N6O2S/c1-3-18-13-21(30-17-29-18)23-9-10-24(37-23)26(36)32-27-31-20-7-5-6-8-22(20)34(27)19-14-28(15-19)11-12-33(16-28)25(35)4-2/h4-10,13,17,19H,2-3,11-12,14-16H2,1H3,(H,31,32,36). The van der Waals surface area contributed by atoms with Crippen LogP contribution in [0, 0.1) is 5.41 Å². The molecule has 1 saturated heterocycles. The van der Waals surface area contributed by atoms with Gasteiger partial charge in [-0.2, -0.15) is 0 Å². The average Bonchev–Trinajstić information content (AvgIpc) is 3.64. The molecule has 4 heterocycles. The first kappa shape index (κ1) is 23.5. The van der Waals surface area contributed by atoms with E-state index in [1.165, 1.54) is 17.4 Å². The third-order valence-corrected chi connectivity index (χ3v) is 8.72. The summed E-state index contributed by atoms with van der Waals surface area (Å²) in [6.45, 7) is 7.23. The number of aryl methyl sites for hydroxylation is 1. The topological polar surface area (TPSA) is 93.0 Å². The van der Waals surface area contributed by atoms with E-state index >= 15 is 0 Å². The summed E-state index contributed by atoms with van der Waals surface area (Å²) in [7, 11) is 0. The van der Waals surface area contributed by atoms with Crippen molar-refractivity contribution in [3.63, 3.8) is 0 Å². The van der Waals surface area contributed by atoms with Crippen LogP contribution in [0.15, 0.2) is 61.4 Å². The Labute approximate surface area is 219 Å². The van der Waals surface area contributed by atoms with E-state index in [0.29, 0.717) is 10.8 Å². The number of benzene rings is 1. The Kier molecular flexibility index (Phi) is 5.87. The monoisotopic (exact) mass is 512 g/mol.